The van der Waals surface area contributed by atoms with Crippen molar-refractivity contribution in [1.29, 1.82) is 5.26 Å². The Hall–Kier alpha value is -1.12. The highest BCUT2D eigenvalue weighted by molar-refractivity contribution is 5.79. The summed E-state index contributed by atoms with van der Waals surface area (Å²) < 4.78 is 0. The second-order valence-electron chi connectivity index (χ2n) is 6.42. The third-order valence-corrected chi connectivity index (χ3v) is 4.29. The molecule has 0 aromatic rings. The first-order chi connectivity index (χ1) is 9.28. The number of nitrogens with one attached hydrogen (secondary N) is 1. The lowest BCUT2D eigenvalue weighted by Gasteiger charge is -2.37. The maximum absolute atomic E-state index is 12.1. The summed E-state index contributed by atoms with van der Waals surface area (Å²) in [5.41, 5.74) is -0.781. The average molecular weight is 280 g/mol. The molecule has 20 heavy (non-hydrogen) atoms. The van der Waals surface area contributed by atoms with Crippen LogP contribution >= 0.6 is 0 Å². The molecule has 1 rings (SSSR count). The van der Waals surface area contributed by atoms with Gasteiger partial charge in [0, 0.05) is 32.2 Å². The Labute approximate surface area is 122 Å². The minimum absolute atomic E-state index is 0.0549. The molecule has 1 aliphatic rings. The molecule has 1 amide bonds. The van der Waals surface area contributed by atoms with Gasteiger partial charge in [-0.25, -0.2) is 0 Å². The van der Waals surface area contributed by atoms with Crippen molar-refractivity contribution in [3.05, 3.63) is 0 Å². The highest BCUT2D eigenvalue weighted by Gasteiger charge is 2.30. The summed E-state index contributed by atoms with van der Waals surface area (Å²) in [7, 11) is 0. The van der Waals surface area contributed by atoms with Gasteiger partial charge in [0.1, 0.15) is 5.54 Å². The first kappa shape index (κ1) is 16.9. The highest BCUT2D eigenvalue weighted by Crippen LogP contribution is 2.15. The summed E-state index contributed by atoms with van der Waals surface area (Å²) in [5.74, 6) is 0.0370. The smallest absolute Gasteiger partial charge is 0.235 e. The van der Waals surface area contributed by atoms with Gasteiger partial charge in [-0.3, -0.25) is 14.6 Å². The fourth-order valence-electron chi connectivity index (χ4n) is 2.27. The zero-order valence-electron chi connectivity index (χ0n) is 13.4. The molecule has 5 nitrogen and oxygen atoms in total. The highest BCUT2D eigenvalue weighted by atomic mass is 16.2. The Morgan fingerprint density at radius 3 is 2.20 bits per heavy atom. The molecule has 1 heterocycles. The van der Waals surface area contributed by atoms with E-state index in [1.54, 1.807) is 6.92 Å². The second kappa shape index (κ2) is 7.05. The lowest BCUT2D eigenvalue weighted by atomic mass is 9.90. The van der Waals surface area contributed by atoms with Gasteiger partial charge in [0.15, 0.2) is 0 Å². The zero-order chi connectivity index (χ0) is 15.3. The molecular formula is C15H28N4O. The third kappa shape index (κ3) is 4.46. The molecular weight excluding hydrogens is 252 g/mol. The van der Waals surface area contributed by atoms with Crippen LogP contribution in [0.4, 0.5) is 0 Å². The number of nitrogens with zero attached hydrogens (tertiary/aromatic N) is 3. The monoisotopic (exact) mass is 280 g/mol. The van der Waals surface area contributed by atoms with Crippen LogP contribution in [0.3, 0.4) is 0 Å². The van der Waals surface area contributed by atoms with Gasteiger partial charge in [-0.15, -0.1) is 0 Å². The molecule has 0 radical (unpaired) electrons. The lowest BCUT2D eigenvalue weighted by molar-refractivity contribution is -0.124. The summed E-state index contributed by atoms with van der Waals surface area (Å²) >= 11 is 0. The van der Waals surface area contributed by atoms with Gasteiger partial charge >= 0.3 is 0 Å². The van der Waals surface area contributed by atoms with E-state index in [0.717, 1.165) is 26.2 Å². The summed E-state index contributed by atoms with van der Waals surface area (Å²) in [6, 6.07) is 2.77. The number of hydrogen-bond acceptors (Lipinski definition) is 4. The Morgan fingerprint density at radius 1 is 1.25 bits per heavy atom. The minimum Gasteiger partial charge on any atom is -0.337 e. The van der Waals surface area contributed by atoms with Crippen molar-refractivity contribution >= 4 is 5.91 Å². The summed E-state index contributed by atoms with van der Waals surface area (Å²) in [6.07, 6.45) is 0. The van der Waals surface area contributed by atoms with Crippen LogP contribution in [0.15, 0.2) is 0 Å². The van der Waals surface area contributed by atoms with E-state index in [2.05, 4.69) is 35.0 Å². The number of hydrogen-bond donors (Lipinski definition) is 1. The van der Waals surface area contributed by atoms with Gasteiger partial charge in [0.2, 0.25) is 5.91 Å². The van der Waals surface area contributed by atoms with Gasteiger partial charge in [-0.1, -0.05) is 13.8 Å². The Kier molecular flexibility index (Phi) is 5.97. The van der Waals surface area contributed by atoms with Gasteiger partial charge in [0.05, 0.1) is 12.6 Å². The van der Waals surface area contributed by atoms with Crippen molar-refractivity contribution in [1.82, 2.24) is 15.1 Å². The van der Waals surface area contributed by atoms with Gasteiger partial charge in [-0.2, -0.15) is 5.26 Å². The van der Waals surface area contributed by atoms with Gasteiger partial charge in [-0.05, 0) is 26.7 Å². The van der Waals surface area contributed by atoms with Crippen LogP contribution < -0.4 is 5.32 Å². The lowest BCUT2D eigenvalue weighted by Crippen LogP contribution is -2.55. The maximum Gasteiger partial charge on any atom is 0.235 e. The van der Waals surface area contributed by atoms with Crippen LogP contribution in [0.25, 0.3) is 0 Å². The van der Waals surface area contributed by atoms with E-state index in [0.29, 0.717) is 12.6 Å². The molecule has 0 aliphatic carbocycles. The molecule has 0 aromatic carbocycles. The van der Waals surface area contributed by atoms with Crippen molar-refractivity contribution < 1.29 is 4.79 Å². The van der Waals surface area contributed by atoms with E-state index < -0.39 is 5.54 Å². The summed E-state index contributed by atoms with van der Waals surface area (Å²) in [6.45, 7) is 14.3. The molecule has 1 atom stereocenters. The van der Waals surface area contributed by atoms with E-state index in [1.807, 2.05) is 13.8 Å². The molecule has 1 saturated heterocycles. The summed E-state index contributed by atoms with van der Waals surface area (Å²) in [4.78, 5) is 16.7. The standard InChI is InChI=1S/C15H28N4O/c1-12(2)15(5,11-16)17-14(20)10-18-6-8-19(9-7-18)13(3)4/h12-13H,6-10H2,1-5H3,(H,17,20)/t15-/m0/s1. The third-order valence-electron chi connectivity index (χ3n) is 4.29. The van der Waals surface area contributed by atoms with E-state index in [1.165, 1.54) is 0 Å². The molecule has 114 valence electrons. The Bertz CT molecular complexity index is 367. The Balaban J connectivity index is 2.43. The number of nitriles is 1. The average Bonchev–Trinajstić information content (AvgIpc) is 2.38. The molecule has 0 aromatic heterocycles. The van der Waals surface area contributed by atoms with Crippen molar-refractivity contribution in [3.63, 3.8) is 0 Å². The van der Waals surface area contributed by atoms with Crippen LogP contribution in [0.1, 0.15) is 34.6 Å². The first-order valence-corrected chi connectivity index (χ1v) is 7.47. The number of rotatable bonds is 5. The van der Waals surface area contributed by atoms with Crippen molar-refractivity contribution in [2.24, 2.45) is 5.92 Å². The van der Waals surface area contributed by atoms with E-state index in [9.17, 15) is 10.1 Å². The molecule has 1 fully saturated rings. The normalized spacial score (nSPS) is 20.7. The van der Waals surface area contributed by atoms with Crippen molar-refractivity contribution in [2.45, 2.75) is 46.2 Å². The number of carbonyl (C=O) groups excluding carboxylic acids is 1. The molecule has 0 spiro atoms. The first-order valence-electron chi connectivity index (χ1n) is 7.47. The quantitative estimate of drug-likeness (QED) is 0.818. The van der Waals surface area contributed by atoms with Crippen LogP contribution in [0.5, 0.6) is 0 Å². The van der Waals surface area contributed by atoms with Crippen LogP contribution in [0.2, 0.25) is 0 Å². The molecule has 0 bridgehead atoms. The number of amides is 1. The van der Waals surface area contributed by atoms with Crippen LogP contribution in [-0.2, 0) is 4.79 Å². The fourth-order valence-corrected chi connectivity index (χ4v) is 2.27. The van der Waals surface area contributed by atoms with Crippen LogP contribution in [-0.4, -0.2) is 60.0 Å². The summed E-state index contributed by atoms with van der Waals surface area (Å²) in [5, 5.41) is 12.1. The second-order valence-corrected chi connectivity index (χ2v) is 6.42. The molecule has 5 heteroatoms. The fraction of sp³-hybridized carbons (Fsp3) is 0.867. The topological polar surface area (TPSA) is 59.4 Å². The predicted octanol–water partition coefficient (Wildman–Crippen LogP) is 1.07. The van der Waals surface area contributed by atoms with E-state index >= 15 is 0 Å². The predicted molar refractivity (Wildman–Crippen MR) is 80.1 cm³/mol. The largest absolute Gasteiger partial charge is 0.337 e. The number of carbonyl (C=O) groups is 1. The van der Waals surface area contributed by atoms with Gasteiger partial charge < -0.3 is 5.32 Å². The molecule has 0 saturated carbocycles. The van der Waals surface area contributed by atoms with Crippen LogP contribution in [0, 0.1) is 17.2 Å². The Morgan fingerprint density at radius 2 is 1.80 bits per heavy atom. The SMILES string of the molecule is CC(C)N1CCN(CC(=O)N[C@@](C)(C#N)C(C)C)CC1. The van der Waals surface area contributed by atoms with E-state index in [4.69, 9.17) is 0 Å². The molecule has 1 N–H and O–H groups in total. The van der Waals surface area contributed by atoms with Crippen molar-refractivity contribution in [3.8, 4) is 6.07 Å². The zero-order valence-corrected chi connectivity index (χ0v) is 13.4. The molecule has 0 unspecified atom stereocenters. The maximum atomic E-state index is 12.1. The molecule has 1 aliphatic heterocycles. The van der Waals surface area contributed by atoms with Gasteiger partial charge in [0.25, 0.3) is 0 Å². The van der Waals surface area contributed by atoms with E-state index in [-0.39, 0.29) is 11.8 Å². The van der Waals surface area contributed by atoms with Crippen molar-refractivity contribution in [2.75, 3.05) is 32.7 Å². The minimum atomic E-state index is -0.781. The number of piperazine rings is 1.